The molecule has 22 heavy (non-hydrogen) atoms. The van der Waals surface area contributed by atoms with Crippen molar-refractivity contribution in [2.75, 3.05) is 11.9 Å². The Hall–Kier alpha value is -2.07. The van der Waals surface area contributed by atoms with E-state index in [1.807, 2.05) is 50.4 Å². The largest absolute Gasteiger partial charge is 0.422 e. The van der Waals surface area contributed by atoms with Gasteiger partial charge in [-0.3, -0.25) is 0 Å². The average Bonchev–Trinajstić information content (AvgIpc) is 2.50. The minimum atomic E-state index is -0.323. The number of hydrogen-bond acceptors (Lipinski definition) is 3. The lowest BCUT2D eigenvalue weighted by Gasteiger charge is -2.21. The molecule has 0 saturated heterocycles. The Kier molecular flexibility index (Phi) is 4.03. The second-order valence-corrected chi connectivity index (χ2v) is 6.20. The van der Waals surface area contributed by atoms with Gasteiger partial charge in [0.15, 0.2) is 0 Å². The molecule has 1 aromatic heterocycles. The van der Waals surface area contributed by atoms with Crippen molar-refractivity contribution in [1.82, 2.24) is 0 Å². The average molecular weight is 358 g/mol. The maximum Gasteiger partial charge on any atom is 0.338 e. The van der Waals surface area contributed by atoms with E-state index in [1.54, 1.807) is 6.07 Å². The molecule has 0 N–H and O–H groups in total. The minimum Gasteiger partial charge on any atom is -0.422 e. The number of anilines is 1. The van der Waals surface area contributed by atoms with Crippen LogP contribution in [0.25, 0.3) is 11.0 Å². The lowest BCUT2D eigenvalue weighted by atomic mass is 10.1. The number of hydrogen-bond donors (Lipinski definition) is 0. The third-order valence-electron chi connectivity index (χ3n) is 3.72. The summed E-state index contributed by atoms with van der Waals surface area (Å²) in [5.41, 5.74) is 3.34. The van der Waals surface area contributed by atoms with Crippen LogP contribution in [0.3, 0.4) is 0 Å². The molecule has 2 aromatic carbocycles. The van der Waals surface area contributed by atoms with Gasteiger partial charge in [0.25, 0.3) is 0 Å². The summed E-state index contributed by atoms with van der Waals surface area (Å²) in [6.45, 7) is 2.65. The van der Waals surface area contributed by atoms with Crippen LogP contribution in [0.5, 0.6) is 0 Å². The molecule has 3 aromatic rings. The fourth-order valence-corrected chi connectivity index (χ4v) is 3.00. The number of nitrogens with zero attached hydrogens (tertiary/aromatic N) is 1. The third-order valence-corrected chi connectivity index (χ3v) is 4.50. The summed E-state index contributed by atoms with van der Waals surface area (Å²) in [5, 5.41) is 0.953. The first-order chi connectivity index (χ1) is 10.6. The maximum absolute atomic E-state index is 11.9. The molecule has 3 nitrogen and oxygen atoms in total. The molecule has 112 valence electrons. The van der Waals surface area contributed by atoms with Crippen LogP contribution in [-0.2, 0) is 6.54 Å². The number of benzene rings is 2. The van der Waals surface area contributed by atoms with Gasteiger partial charge in [0.1, 0.15) is 5.58 Å². The zero-order valence-electron chi connectivity index (χ0n) is 12.5. The summed E-state index contributed by atoms with van der Waals surface area (Å²) >= 11 is 3.57. The predicted molar refractivity (Wildman–Crippen MR) is 93.5 cm³/mol. The molecule has 4 heteroatoms. The van der Waals surface area contributed by atoms with E-state index in [9.17, 15) is 4.79 Å². The molecule has 0 saturated carbocycles. The standard InChI is InChI=1S/C18H16BrNO2/c1-12-6-5-8-14-16(10-17(21)22-18(12)14)20(2)11-13-7-3-4-9-15(13)19/h3-10H,11H2,1-2H3. The highest BCUT2D eigenvalue weighted by Gasteiger charge is 2.12. The topological polar surface area (TPSA) is 33.5 Å². The van der Waals surface area contributed by atoms with E-state index in [0.29, 0.717) is 12.1 Å². The van der Waals surface area contributed by atoms with Gasteiger partial charge in [-0.2, -0.15) is 0 Å². The zero-order chi connectivity index (χ0) is 15.7. The van der Waals surface area contributed by atoms with Crippen molar-refractivity contribution >= 4 is 32.6 Å². The Balaban J connectivity index is 2.08. The van der Waals surface area contributed by atoms with Crippen molar-refractivity contribution in [3.05, 3.63) is 74.6 Å². The van der Waals surface area contributed by atoms with Gasteiger partial charge >= 0.3 is 5.63 Å². The third kappa shape index (κ3) is 2.79. The Morgan fingerprint density at radius 2 is 1.91 bits per heavy atom. The van der Waals surface area contributed by atoms with E-state index in [1.165, 1.54) is 5.56 Å². The van der Waals surface area contributed by atoms with E-state index in [2.05, 4.69) is 26.9 Å². The van der Waals surface area contributed by atoms with E-state index in [4.69, 9.17) is 4.42 Å². The van der Waals surface area contributed by atoms with Gasteiger partial charge in [-0.15, -0.1) is 0 Å². The molecule has 1 heterocycles. The van der Waals surface area contributed by atoms with Crippen LogP contribution in [0, 0.1) is 6.92 Å². The summed E-state index contributed by atoms with van der Waals surface area (Å²) in [5.74, 6) is 0. The van der Waals surface area contributed by atoms with E-state index < -0.39 is 0 Å². The molecular formula is C18H16BrNO2. The maximum atomic E-state index is 11.9. The fourth-order valence-electron chi connectivity index (χ4n) is 2.59. The molecule has 0 aliphatic heterocycles. The SMILES string of the molecule is Cc1cccc2c(N(C)Cc3ccccc3Br)cc(=O)oc12. The Morgan fingerprint density at radius 1 is 1.14 bits per heavy atom. The molecule has 0 amide bonds. The van der Waals surface area contributed by atoms with Gasteiger partial charge in [0, 0.05) is 29.5 Å². The number of rotatable bonds is 3. The summed E-state index contributed by atoms with van der Waals surface area (Å²) < 4.78 is 6.43. The van der Waals surface area contributed by atoms with Crippen LogP contribution in [0.15, 0.2) is 62.2 Å². The van der Waals surface area contributed by atoms with Crippen molar-refractivity contribution in [2.45, 2.75) is 13.5 Å². The second kappa shape index (κ2) is 5.97. The number of aryl methyl sites for hydroxylation is 1. The van der Waals surface area contributed by atoms with Gasteiger partial charge in [0.2, 0.25) is 0 Å². The van der Waals surface area contributed by atoms with Gasteiger partial charge in [0.05, 0.1) is 5.69 Å². The fraction of sp³-hybridized carbons (Fsp3) is 0.167. The van der Waals surface area contributed by atoms with Crippen LogP contribution < -0.4 is 10.5 Å². The summed E-state index contributed by atoms with van der Waals surface area (Å²) in [7, 11) is 1.98. The number of fused-ring (bicyclic) bond motifs is 1. The Bertz CT molecular complexity index is 886. The first kappa shape index (κ1) is 14.9. The molecule has 0 atom stereocenters. The monoisotopic (exact) mass is 357 g/mol. The number of para-hydroxylation sites is 1. The molecule has 0 spiro atoms. The van der Waals surface area contributed by atoms with Crippen LogP contribution in [0.1, 0.15) is 11.1 Å². The van der Waals surface area contributed by atoms with Crippen molar-refractivity contribution in [2.24, 2.45) is 0 Å². The molecule has 0 aliphatic carbocycles. The molecule has 0 bridgehead atoms. The van der Waals surface area contributed by atoms with E-state index in [0.717, 1.165) is 21.1 Å². The molecule has 3 rings (SSSR count). The smallest absolute Gasteiger partial charge is 0.338 e. The minimum absolute atomic E-state index is 0.323. The number of halogens is 1. The van der Waals surface area contributed by atoms with Gasteiger partial charge in [-0.25, -0.2) is 4.79 Å². The van der Waals surface area contributed by atoms with Gasteiger partial charge in [-0.05, 0) is 30.2 Å². The Labute approximate surface area is 137 Å². The lowest BCUT2D eigenvalue weighted by molar-refractivity contribution is 0.558. The first-order valence-electron chi connectivity index (χ1n) is 7.04. The molecule has 0 unspecified atom stereocenters. The highest BCUT2D eigenvalue weighted by molar-refractivity contribution is 9.10. The predicted octanol–water partition coefficient (Wildman–Crippen LogP) is 4.50. The van der Waals surface area contributed by atoms with Crippen LogP contribution in [0.2, 0.25) is 0 Å². The zero-order valence-corrected chi connectivity index (χ0v) is 14.1. The normalized spacial score (nSPS) is 10.9. The first-order valence-corrected chi connectivity index (χ1v) is 7.83. The van der Waals surface area contributed by atoms with Crippen LogP contribution in [-0.4, -0.2) is 7.05 Å². The Morgan fingerprint density at radius 3 is 2.68 bits per heavy atom. The van der Waals surface area contributed by atoms with E-state index >= 15 is 0 Å². The molecular weight excluding hydrogens is 342 g/mol. The molecule has 0 radical (unpaired) electrons. The van der Waals surface area contributed by atoms with Gasteiger partial charge in [-0.1, -0.05) is 46.3 Å². The highest BCUT2D eigenvalue weighted by atomic mass is 79.9. The van der Waals surface area contributed by atoms with Crippen molar-refractivity contribution in [1.29, 1.82) is 0 Å². The van der Waals surface area contributed by atoms with E-state index in [-0.39, 0.29) is 5.63 Å². The molecule has 0 aliphatic rings. The highest BCUT2D eigenvalue weighted by Crippen LogP contribution is 2.28. The van der Waals surface area contributed by atoms with Gasteiger partial charge < -0.3 is 9.32 Å². The second-order valence-electron chi connectivity index (χ2n) is 5.35. The lowest BCUT2D eigenvalue weighted by Crippen LogP contribution is -2.18. The summed E-state index contributed by atoms with van der Waals surface area (Å²) in [6.07, 6.45) is 0. The molecule has 0 fully saturated rings. The van der Waals surface area contributed by atoms with Crippen LogP contribution in [0.4, 0.5) is 5.69 Å². The summed E-state index contributed by atoms with van der Waals surface area (Å²) in [6, 6.07) is 15.6. The van der Waals surface area contributed by atoms with Crippen molar-refractivity contribution in [3.8, 4) is 0 Å². The summed E-state index contributed by atoms with van der Waals surface area (Å²) in [4.78, 5) is 13.9. The van der Waals surface area contributed by atoms with Crippen LogP contribution >= 0.6 is 15.9 Å². The van der Waals surface area contributed by atoms with Crippen molar-refractivity contribution < 1.29 is 4.42 Å². The van der Waals surface area contributed by atoms with Crippen molar-refractivity contribution in [3.63, 3.8) is 0 Å². The quantitative estimate of drug-likeness (QED) is 0.647.